The van der Waals surface area contributed by atoms with Gasteiger partial charge in [-0.25, -0.2) is 12.8 Å². The Hall–Kier alpha value is -2.41. The molecule has 1 aliphatic rings. The van der Waals surface area contributed by atoms with Gasteiger partial charge in [-0.05, 0) is 49.2 Å². The summed E-state index contributed by atoms with van der Waals surface area (Å²) in [5.41, 5.74) is 2.04. The molecule has 0 saturated heterocycles. The van der Waals surface area contributed by atoms with Crippen molar-refractivity contribution in [2.75, 3.05) is 16.2 Å². The molecule has 0 aliphatic carbocycles. The highest BCUT2D eigenvalue weighted by atomic mass is 32.2. The fraction of sp³-hybridized carbons (Fsp3) is 0.235. The zero-order valence-electron chi connectivity index (χ0n) is 13.1. The molecule has 2 aromatic rings. The molecule has 0 fully saturated rings. The molecule has 126 valence electrons. The van der Waals surface area contributed by atoms with Crippen molar-refractivity contribution < 1.29 is 17.6 Å². The predicted molar refractivity (Wildman–Crippen MR) is 90.0 cm³/mol. The van der Waals surface area contributed by atoms with Crippen molar-refractivity contribution in [3.05, 3.63) is 53.8 Å². The number of hydrogen-bond acceptors (Lipinski definition) is 3. The van der Waals surface area contributed by atoms with Crippen LogP contribution in [0.25, 0.3) is 0 Å². The maximum atomic E-state index is 13.7. The Bertz CT molecular complexity index is 896. The molecule has 1 N–H and O–H groups in total. The minimum Gasteiger partial charge on any atom is -0.312 e. The normalized spacial score (nSPS) is 14.4. The molecule has 3 rings (SSSR count). The number of fused-ring (bicyclic) bond motifs is 1. The third-order valence-electron chi connectivity index (χ3n) is 3.97. The molecule has 0 spiro atoms. The average Bonchev–Trinajstić information content (AvgIpc) is 2.55. The van der Waals surface area contributed by atoms with E-state index in [1.165, 1.54) is 18.2 Å². The van der Waals surface area contributed by atoms with Gasteiger partial charge >= 0.3 is 0 Å². The molecule has 0 saturated carbocycles. The summed E-state index contributed by atoms with van der Waals surface area (Å²) in [5, 5.41) is 0. The summed E-state index contributed by atoms with van der Waals surface area (Å²) in [4.78, 5) is 13.2. The van der Waals surface area contributed by atoms with Crippen molar-refractivity contribution >= 4 is 27.3 Å². The highest BCUT2D eigenvalue weighted by Gasteiger charge is 2.24. The number of nitrogens with one attached hydrogen (secondary N) is 1. The molecular weight excluding hydrogens is 331 g/mol. The molecular formula is C17H17FN2O3S. The molecule has 2 aromatic carbocycles. The molecule has 0 radical (unpaired) electrons. The van der Waals surface area contributed by atoms with Crippen molar-refractivity contribution in [3.8, 4) is 0 Å². The lowest BCUT2D eigenvalue weighted by molar-refractivity contribution is -0.118. The number of anilines is 2. The van der Waals surface area contributed by atoms with E-state index in [1.807, 2.05) is 6.92 Å². The summed E-state index contributed by atoms with van der Waals surface area (Å²) in [5.74, 6) is -0.740. The number of halogens is 1. The van der Waals surface area contributed by atoms with Crippen molar-refractivity contribution in [2.45, 2.75) is 24.7 Å². The Labute approximate surface area is 140 Å². The van der Waals surface area contributed by atoms with E-state index in [2.05, 4.69) is 4.72 Å². The minimum absolute atomic E-state index is 0.0599. The SMILES string of the molecule is CCN1C(=O)CCc2cc(NS(=O)(=O)c3ccccc3F)ccc21. The number of carbonyl (C=O) groups is 1. The lowest BCUT2D eigenvalue weighted by atomic mass is 10.0. The summed E-state index contributed by atoms with van der Waals surface area (Å²) in [6, 6.07) is 10.2. The van der Waals surface area contributed by atoms with Gasteiger partial charge in [0.05, 0.1) is 0 Å². The number of carbonyl (C=O) groups excluding carboxylic acids is 1. The van der Waals surface area contributed by atoms with Crippen LogP contribution in [0, 0.1) is 5.82 Å². The molecule has 0 aromatic heterocycles. The molecule has 5 nitrogen and oxygen atoms in total. The Morgan fingerprint density at radius 3 is 2.62 bits per heavy atom. The molecule has 1 aliphatic heterocycles. The van der Waals surface area contributed by atoms with Crippen molar-refractivity contribution in [2.24, 2.45) is 0 Å². The zero-order valence-corrected chi connectivity index (χ0v) is 13.9. The Kier molecular flexibility index (Phi) is 4.28. The van der Waals surface area contributed by atoms with E-state index in [-0.39, 0.29) is 5.91 Å². The smallest absolute Gasteiger partial charge is 0.264 e. The topological polar surface area (TPSA) is 66.5 Å². The van der Waals surface area contributed by atoms with Crippen LogP contribution in [0.3, 0.4) is 0 Å². The summed E-state index contributed by atoms with van der Waals surface area (Å²) in [7, 11) is -4.01. The van der Waals surface area contributed by atoms with Crippen LogP contribution in [0.4, 0.5) is 15.8 Å². The van der Waals surface area contributed by atoms with Crippen LogP contribution in [0.5, 0.6) is 0 Å². The van der Waals surface area contributed by atoms with Gasteiger partial charge in [-0.2, -0.15) is 0 Å². The minimum atomic E-state index is -4.01. The Morgan fingerprint density at radius 1 is 1.17 bits per heavy atom. The monoisotopic (exact) mass is 348 g/mol. The second kappa shape index (κ2) is 6.24. The first-order chi connectivity index (χ1) is 11.4. The van der Waals surface area contributed by atoms with E-state index in [0.717, 1.165) is 17.3 Å². The number of benzene rings is 2. The highest BCUT2D eigenvalue weighted by Crippen LogP contribution is 2.31. The van der Waals surface area contributed by atoms with Gasteiger partial charge in [0.1, 0.15) is 10.7 Å². The van der Waals surface area contributed by atoms with E-state index in [1.54, 1.807) is 23.1 Å². The first-order valence-corrected chi connectivity index (χ1v) is 9.11. The fourth-order valence-corrected chi connectivity index (χ4v) is 3.97. The van der Waals surface area contributed by atoms with E-state index in [0.29, 0.717) is 25.1 Å². The zero-order chi connectivity index (χ0) is 17.3. The number of hydrogen-bond donors (Lipinski definition) is 1. The van der Waals surface area contributed by atoms with Crippen LogP contribution >= 0.6 is 0 Å². The molecule has 0 atom stereocenters. The number of sulfonamides is 1. The van der Waals surface area contributed by atoms with Crippen LogP contribution in [0.15, 0.2) is 47.4 Å². The number of rotatable bonds is 4. The summed E-state index contributed by atoms with van der Waals surface area (Å²) in [6.45, 7) is 2.45. The first-order valence-electron chi connectivity index (χ1n) is 7.63. The van der Waals surface area contributed by atoms with Gasteiger partial charge in [0.25, 0.3) is 10.0 Å². The number of nitrogens with zero attached hydrogens (tertiary/aromatic N) is 1. The molecule has 0 unspecified atom stereocenters. The lowest BCUT2D eigenvalue weighted by Crippen LogP contribution is -2.34. The van der Waals surface area contributed by atoms with E-state index < -0.39 is 20.7 Å². The highest BCUT2D eigenvalue weighted by molar-refractivity contribution is 7.92. The molecule has 1 heterocycles. The third-order valence-corrected chi connectivity index (χ3v) is 5.39. The van der Waals surface area contributed by atoms with Gasteiger partial charge in [0, 0.05) is 24.3 Å². The largest absolute Gasteiger partial charge is 0.312 e. The first kappa shape index (κ1) is 16.4. The van der Waals surface area contributed by atoms with Crippen LogP contribution in [-0.2, 0) is 21.2 Å². The van der Waals surface area contributed by atoms with Crippen molar-refractivity contribution in [1.82, 2.24) is 0 Å². The van der Waals surface area contributed by atoms with Gasteiger partial charge in [-0.3, -0.25) is 9.52 Å². The summed E-state index contributed by atoms with van der Waals surface area (Å²) >= 11 is 0. The van der Waals surface area contributed by atoms with Gasteiger partial charge in [0.2, 0.25) is 5.91 Å². The van der Waals surface area contributed by atoms with Crippen LogP contribution in [0.2, 0.25) is 0 Å². The predicted octanol–water partition coefficient (Wildman–Crippen LogP) is 2.93. The third kappa shape index (κ3) is 2.99. The van der Waals surface area contributed by atoms with Crippen LogP contribution in [-0.4, -0.2) is 20.9 Å². The quantitative estimate of drug-likeness (QED) is 0.924. The standard InChI is InChI=1S/C17H17FN2O3S/c1-2-20-15-9-8-13(11-12(15)7-10-17(20)21)19-24(22,23)16-6-4-3-5-14(16)18/h3-6,8-9,11,19H,2,7,10H2,1H3. The van der Waals surface area contributed by atoms with E-state index in [4.69, 9.17) is 0 Å². The van der Waals surface area contributed by atoms with Crippen molar-refractivity contribution in [3.63, 3.8) is 0 Å². The van der Waals surface area contributed by atoms with E-state index >= 15 is 0 Å². The van der Waals surface area contributed by atoms with Crippen molar-refractivity contribution in [1.29, 1.82) is 0 Å². The second-order valence-corrected chi connectivity index (χ2v) is 7.17. The molecule has 24 heavy (non-hydrogen) atoms. The van der Waals surface area contributed by atoms with Gasteiger partial charge in [-0.15, -0.1) is 0 Å². The maximum absolute atomic E-state index is 13.7. The van der Waals surface area contributed by atoms with Crippen LogP contribution in [0.1, 0.15) is 18.9 Å². The number of amides is 1. The lowest BCUT2D eigenvalue weighted by Gasteiger charge is -2.28. The molecule has 7 heteroatoms. The average molecular weight is 348 g/mol. The van der Waals surface area contributed by atoms with E-state index in [9.17, 15) is 17.6 Å². The van der Waals surface area contributed by atoms with Gasteiger partial charge in [0.15, 0.2) is 0 Å². The van der Waals surface area contributed by atoms with Gasteiger partial charge < -0.3 is 4.90 Å². The summed E-state index contributed by atoms with van der Waals surface area (Å²) < 4.78 is 40.8. The Morgan fingerprint density at radius 2 is 1.92 bits per heavy atom. The van der Waals surface area contributed by atoms with Crippen LogP contribution < -0.4 is 9.62 Å². The second-order valence-electron chi connectivity index (χ2n) is 5.52. The fourth-order valence-electron chi connectivity index (χ4n) is 2.84. The van der Waals surface area contributed by atoms with Gasteiger partial charge in [-0.1, -0.05) is 12.1 Å². The number of aryl methyl sites for hydroxylation is 1. The maximum Gasteiger partial charge on any atom is 0.264 e. The summed E-state index contributed by atoms with van der Waals surface area (Å²) in [6.07, 6.45) is 0.949. The molecule has 1 amide bonds. The Balaban J connectivity index is 1.92. The molecule has 0 bridgehead atoms.